The first kappa shape index (κ1) is 20.9. The average molecular weight is 392 g/mol. The number of carbonyl (C=O) groups excluding carboxylic acids is 1. The monoisotopic (exact) mass is 391 g/mol. The minimum atomic E-state index is 0.123. The largest absolute Gasteiger partial charge is 0.494 e. The molecule has 2 aromatic carbocycles. The van der Waals surface area contributed by atoms with Crippen molar-refractivity contribution < 1.29 is 14.3 Å². The molecule has 1 aliphatic rings. The molecule has 0 amide bonds. The predicted molar refractivity (Wildman–Crippen MR) is 118 cm³/mol. The van der Waals surface area contributed by atoms with Gasteiger partial charge < -0.3 is 9.47 Å². The lowest BCUT2D eigenvalue weighted by Gasteiger charge is -2.28. The number of hydrogen-bond donors (Lipinski definition) is 0. The van der Waals surface area contributed by atoms with Crippen molar-refractivity contribution in [2.24, 2.45) is 0 Å². The number of hydrogen-bond acceptors (Lipinski definition) is 4. The topological polar surface area (TPSA) is 38.8 Å². The zero-order chi connectivity index (χ0) is 20.6. The molecule has 1 heterocycles. The lowest BCUT2D eigenvalue weighted by Crippen LogP contribution is -2.37. The number of carbonyl (C=O) groups is 1. The quantitative estimate of drug-likeness (QED) is 0.632. The summed E-state index contributed by atoms with van der Waals surface area (Å²) in [4.78, 5) is 15.4. The maximum absolute atomic E-state index is 13.1. The average Bonchev–Trinajstić information content (AvgIpc) is 2.74. The summed E-state index contributed by atoms with van der Waals surface area (Å²) in [7, 11) is 0. The highest BCUT2D eigenvalue weighted by atomic mass is 16.5. The number of likely N-dealkylation sites (N-methyl/N-ethyl adjacent to an activating group) is 1. The molecule has 0 aromatic heterocycles. The van der Waals surface area contributed by atoms with Gasteiger partial charge in [-0.15, -0.1) is 0 Å². The van der Waals surface area contributed by atoms with Gasteiger partial charge in [-0.3, -0.25) is 9.69 Å². The van der Waals surface area contributed by atoms with E-state index in [0.29, 0.717) is 26.3 Å². The number of benzene rings is 2. The molecule has 1 saturated heterocycles. The number of Topliss-reactive ketones (excluding diaryl/α,β-unsaturated/α-hetero) is 1. The molecule has 2 aromatic rings. The highest BCUT2D eigenvalue weighted by molar-refractivity contribution is 6.14. The Labute approximate surface area is 173 Å². The van der Waals surface area contributed by atoms with Crippen molar-refractivity contribution in [1.29, 1.82) is 0 Å². The number of likely N-dealkylation sites (tertiary alicyclic amines) is 1. The lowest BCUT2D eigenvalue weighted by atomic mass is 9.94. The molecule has 152 valence electrons. The maximum Gasteiger partial charge on any atom is 0.187 e. The molecule has 0 N–H and O–H groups in total. The number of ketones is 1. The molecule has 0 radical (unpaired) electrons. The normalized spacial score (nSPS) is 17.7. The summed E-state index contributed by atoms with van der Waals surface area (Å²) in [5, 5.41) is 0. The van der Waals surface area contributed by atoms with Crippen LogP contribution in [-0.2, 0) is 4.79 Å². The Morgan fingerprint density at radius 1 is 0.759 bits per heavy atom. The number of nitrogens with zero attached hydrogens (tertiary/aromatic N) is 1. The Balaban J connectivity index is 1.84. The van der Waals surface area contributed by atoms with E-state index in [1.165, 1.54) is 0 Å². The van der Waals surface area contributed by atoms with Gasteiger partial charge >= 0.3 is 0 Å². The molecule has 0 bridgehead atoms. The Hall–Kier alpha value is -2.85. The van der Waals surface area contributed by atoms with Crippen molar-refractivity contribution in [3.8, 4) is 11.5 Å². The van der Waals surface area contributed by atoms with Crippen LogP contribution in [0.25, 0.3) is 12.2 Å². The molecule has 1 aliphatic heterocycles. The molecule has 4 nitrogen and oxygen atoms in total. The fraction of sp³-hybridized carbons (Fsp3) is 0.320. The van der Waals surface area contributed by atoms with Crippen LogP contribution in [0.15, 0.2) is 59.7 Å². The van der Waals surface area contributed by atoms with Crippen molar-refractivity contribution in [3.63, 3.8) is 0 Å². The summed E-state index contributed by atoms with van der Waals surface area (Å²) < 4.78 is 11.0. The van der Waals surface area contributed by atoms with E-state index in [1.807, 2.05) is 74.5 Å². The SMILES string of the molecule is CCOc1ccc(C=C2CN(CC)CC(=Cc3ccc(OCC)cc3)C2=O)cc1. The molecule has 4 heteroatoms. The van der Waals surface area contributed by atoms with Crippen molar-refractivity contribution >= 4 is 17.9 Å². The van der Waals surface area contributed by atoms with E-state index in [4.69, 9.17) is 9.47 Å². The molecule has 0 atom stereocenters. The van der Waals surface area contributed by atoms with Crippen LogP contribution in [-0.4, -0.2) is 43.5 Å². The fourth-order valence-corrected chi connectivity index (χ4v) is 3.39. The maximum atomic E-state index is 13.1. The van der Waals surface area contributed by atoms with Crippen molar-refractivity contribution in [1.82, 2.24) is 4.90 Å². The first-order chi connectivity index (χ1) is 14.1. The van der Waals surface area contributed by atoms with Crippen molar-refractivity contribution in [2.45, 2.75) is 20.8 Å². The van der Waals surface area contributed by atoms with Gasteiger partial charge in [0.1, 0.15) is 11.5 Å². The molecular formula is C25H29NO3. The van der Waals surface area contributed by atoms with Gasteiger partial charge in [0, 0.05) is 24.2 Å². The van der Waals surface area contributed by atoms with Crippen LogP contribution in [0.3, 0.4) is 0 Å². The Bertz CT molecular complexity index is 808. The minimum Gasteiger partial charge on any atom is -0.494 e. The van der Waals surface area contributed by atoms with Gasteiger partial charge in [0.25, 0.3) is 0 Å². The van der Waals surface area contributed by atoms with E-state index < -0.39 is 0 Å². The van der Waals surface area contributed by atoms with Gasteiger partial charge in [-0.05, 0) is 67.9 Å². The van der Waals surface area contributed by atoms with Crippen LogP contribution in [0.2, 0.25) is 0 Å². The third-order valence-electron chi connectivity index (χ3n) is 4.88. The summed E-state index contributed by atoms with van der Waals surface area (Å²) in [5.41, 5.74) is 3.66. The second kappa shape index (κ2) is 10.1. The van der Waals surface area contributed by atoms with Gasteiger partial charge in [-0.1, -0.05) is 31.2 Å². The van der Waals surface area contributed by atoms with Crippen molar-refractivity contribution in [3.05, 3.63) is 70.8 Å². The van der Waals surface area contributed by atoms with Crippen LogP contribution in [0.4, 0.5) is 0 Å². The van der Waals surface area contributed by atoms with Gasteiger partial charge in [0.05, 0.1) is 13.2 Å². The first-order valence-corrected chi connectivity index (χ1v) is 10.3. The van der Waals surface area contributed by atoms with Crippen LogP contribution < -0.4 is 9.47 Å². The van der Waals surface area contributed by atoms with Crippen LogP contribution in [0, 0.1) is 0 Å². The lowest BCUT2D eigenvalue weighted by molar-refractivity contribution is -0.113. The van der Waals surface area contributed by atoms with Crippen molar-refractivity contribution in [2.75, 3.05) is 32.8 Å². The van der Waals surface area contributed by atoms with E-state index in [9.17, 15) is 4.79 Å². The molecule has 29 heavy (non-hydrogen) atoms. The highest BCUT2D eigenvalue weighted by Crippen LogP contribution is 2.23. The molecular weight excluding hydrogens is 362 g/mol. The standard InChI is InChI=1S/C25H29NO3/c1-4-26-17-21(15-19-7-11-23(12-8-19)28-5-2)25(27)22(18-26)16-20-9-13-24(14-10-20)29-6-3/h7-16H,4-6,17-18H2,1-3H3. The van der Waals surface area contributed by atoms with E-state index in [0.717, 1.165) is 40.3 Å². The molecule has 3 rings (SSSR count). The summed E-state index contributed by atoms with van der Waals surface area (Å²) in [6.45, 7) is 9.58. The number of ether oxygens (including phenoxy) is 2. The van der Waals surface area contributed by atoms with E-state index in [-0.39, 0.29) is 5.78 Å². The zero-order valence-electron chi connectivity index (χ0n) is 17.5. The third-order valence-corrected chi connectivity index (χ3v) is 4.88. The molecule has 0 spiro atoms. The summed E-state index contributed by atoms with van der Waals surface area (Å²) in [6.07, 6.45) is 3.98. The number of rotatable bonds is 7. The Kier molecular flexibility index (Phi) is 7.25. The molecule has 1 fully saturated rings. The Morgan fingerprint density at radius 2 is 1.17 bits per heavy atom. The first-order valence-electron chi connectivity index (χ1n) is 10.3. The van der Waals surface area contributed by atoms with E-state index in [1.54, 1.807) is 0 Å². The fourth-order valence-electron chi connectivity index (χ4n) is 3.39. The third kappa shape index (κ3) is 5.58. The second-order valence-electron chi connectivity index (χ2n) is 6.98. The van der Waals surface area contributed by atoms with Gasteiger partial charge in [0.15, 0.2) is 5.78 Å². The number of piperidine rings is 1. The second-order valence-corrected chi connectivity index (χ2v) is 6.98. The van der Waals surface area contributed by atoms with E-state index in [2.05, 4.69) is 11.8 Å². The predicted octanol–water partition coefficient (Wildman–Crippen LogP) is 4.86. The molecule has 0 aliphatic carbocycles. The van der Waals surface area contributed by atoms with Gasteiger partial charge in [-0.25, -0.2) is 0 Å². The molecule has 0 saturated carbocycles. The van der Waals surface area contributed by atoms with Crippen LogP contribution >= 0.6 is 0 Å². The Morgan fingerprint density at radius 3 is 1.52 bits per heavy atom. The van der Waals surface area contributed by atoms with E-state index >= 15 is 0 Å². The van der Waals surface area contributed by atoms with Gasteiger partial charge in [-0.2, -0.15) is 0 Å². The highest BCUT2D eigenvalue weighted by Gasteiger charge is 2.25. The zero-order valence-corrected chi connectivity index (χ0v) is 17.5. The van der Waals surface area contributed by atoms with Crippen LogP contribution in [0.1, 0.15) is 31.9 Å². The summed E-state index contributed by atoms with van der Waals surface area (Å²) >= 11 is 0. The van der Waals surface area contributed by atoms with Gasteiger partial charge in [0.2, 0.25) is 0 Å². The van der Waals surface area contributed by atoms with Crippen LogP contribution in [0.5, 0.6) is 11.5 Å². The minimum absolute atomic E-state index is 0.123. The summed E-state index contributed by atoms with van der Waals surface area (Å²) in [6, 6.07) is 15.7. The summed E-state index contributed by atoms with van der Waals surface area (Å²) in [5.74, 6) is 1.81. The smallest absolute Gasteiger partial charge is 0.187 e. The molecule has 0 unspecified atom stereocenters.